The maximum atomic E-state index is 12.3. The molecule has 1 aliphatic rings. The number of benzene rings is 1. The minimum atomic E-state index is -0.887. The fourth-order valence-electron chi connectivity index (χ4n) is 2.68. The number of amides is 1. The zero-order valence-corrected chi connectivity index (χ0v) is 14.5. The van der Waals surface area contributed by atoms with Crippen LogP contribution in [0.25, 0.3) is 0 Å². The fourth-order valence-corrected chi connectivity index (χ4v) is 3.10. The van der Waals surface area contributed by atoms with Crippen LogP contribution in [0.1, 0.15) is 23.2 Å². The highest BCUT2D eigenvalue weighted by atomic mass is 79.9. The van der Waals surface area contributed by atoms with Gasteiger partial charge in [-0.3, -0.25) is 9.59 Å². The van der Waals surface area contributed by atoms with E-state index in [9.17, 15) is 14.7 Å². The van der Waals surface area contributed by atoms with E-state index in [4.69, 9.17) is 9.47 Å². The summed E-state index contributed by atoms with van der Waals surface area (Å²) in [5.74, 6) is -1.23. The number of carboxylic acids is 1. The van der Waals surface area contributed by atoms with Crippen LogP contribution in [0.2, 0.25) is 0 Å². The number of carbonyl (C=O) groups is 2. The molecule has 1 unspecified atom stereocenters. The van der Waals surface area contributed by atoms with E-state index in [1.807, 2.05) is 0 Å². The lowest BCUT2D eigenvalue weighted by molar-refractivity contribution is -0.144. The van der Waals surface area contributed by atoms with Gasteiger partial charge in [0.2, 0.25) is 0 Å². The normalized spacial score (nSPS) is 16.6. The lowest BCUT2D eigenvalue weighted by Gasteiger charge is -2.27. The quantitative estimate of drug-likeness (QED) is 0.784. The Morgan fingerprint density at radius 3 is 2.74 bits per heavy atom. The van der Waals surface area contributed by atoms with Gasteiger partial charge in [-0.25, -0.2) is 0 Å². The van der Waals surface area contributed by atoms with Crippen LogP contribution < -0.4 is 10.1 Å². The molecule has 1 amide bonds. The molecule has 0 spiro atoms. The van der Waals surface area contributed by atoms with Crippen molar-refractivity contribution in [3.05, 3.63) is 28.2 Å². The molecule has 1 atom stereocenters. The Kier molecular flexibility index (Phi) is 6.41. The third kappa shape index (κ3) is 4.68. The summed E-state index contributed by atoms with van der Waals surface area (Å²) in [5, 5.41) is 12.1. The first-order valence-corrected chi connectivity index (χ1v) is 8.24. The van der Waals surface area contributed by atoms with Crippen molar-refractivity contribution in [3.63, 3.8) is 0 Å². The van der Waals surface area contributed by atoms with E-state index in [-0.39, 0.29) is 18.4 Å². The van der Waals surface area contributed by atoms with Gasteiger partial charge in [-0.05, 0) is 52.9 Å². The summed E-state index contributed by atoms with van der Waals surface area (Å²) < 4.78 is 11.0. The molecule has 1 aromatic rings. The van der Waals surface area contributed by atoms with Gasteiger partial charge in [0.05, 0.1) is 18.6 Å². The number of halogens is 1. The molecule has 0 aromatic heterocycles. The summed E-state index contributed by atoms with van der Waals surface area (Å²) in [6, 6.07) is 5.08. The Morgan fingerprint density at radius 1 is 1.43 bits per heavy atom. The van der Waals surface area contributed by atoms with Crippen molar-refractivity contribution in [2.45, 2.75) is 12.8 Å². The van der Waals surface area contributed by atoms with E-state index in [0.717, 1.165) is 0 Å². The van der Waals surface area contributed by atoms with Gasteiger partial charge in [-0.15, -0.1) is 0 Å². The van der Waals surface area contributed by atoms with Crippen molar-refractivity contribution in [2.75, 3.05) is 26.9 Å². The maximum absolute atomic E-state index is 12.3. The third-order valence-corrected chi connectivity index (χ3v) is 4.74. The highest BCUT2D eigenvalue weighted by Crippen LogP contribution is 2.25. The van der Waals surface area contributed by atoms with Crippen LogP contribution in [-0.4, -0.2) is 43.9 Å². The number of aliphatic carboxylic acids is 1. The summed E-state index contributed by atoms with van der Waals surface area (Å²) in [6.45, 7) is 1.25. The van der Waals surface area contributed by atoms with Crippen molar-refractivity contribution in [2.24, 2.45) is 11.8 Å². The summed E-state index contributed by atoms with van der Waals surface area (Å²) in [7, 11) is 1.52. The zero-order chi connectivity index (χ0) is 16.8. The molecule has 6 nitrogen and oxygen atoms in total. The summed E-state index contributed by atoms with van der Waals surface area (Å²) >= 11 is 3.32. The molecular weight excluding hydrogens is 366 g/mol. The first kappa shape index (κ1) is 17.7. The van der Waals surface area contributed by atoms with Crippen LogP contribution in [-0.2, 0) is 9.53 Å². The largest absolute Gasteiger partial charge is 0.497 e. The van der Waals surface area contributed by atoms with Crippen LogP contribution in [0.4, 0.5) is 0 Å². The van der Waals surface area contributed by atoms with Crippen molar-refractivity contribution >= 4 is 27.8 Å². The molecule has 1 aliphatic heterocycles. The second-order valence-corrected chi connectivity index (χ2v) is 6.30. The number of methoxy groups -OCH3 is 1. The van der Waals surface area contributed by atoms with Crippen LogP contribution in [0.15, 0.2) is 22.7 Å². The number of carboxylic acid groups (broad SMARTS) is 1. The molecule has 1 saturated heterocycles. The van der Waals surface area contributed by atoms with Crippen molar-refractivity contribution in [1.82, 2.24) is 5.32 Å². The number of carbonyl (C=O) groups excluding carboxylic acids is 1. The van der Waals surface area contributed by atoms with Crippen molar-refractivity contribution in [3.8, 4) is 5.75 Å². The molecule has 7 heteroatoms. The Bertz CT molecular complexity index is 572. The monoisotopic (exact) mass is 385 g/mol. The number of ether oxygens (including phenoxy) is 2. The SMILES string of the molecule is COc1ccc(Br)c(C(=O)NCC(C(=O)O)C2CCOCC2)c1. The first-order valence-electron chi connectivity index (χ1n) is 7.45. The molecule has 2 rings (SSSR count). The van der Waals surface area contributed by atoms with Gasteiger partial charge in [-0.1, -0.05) is 0 Å². The van der Waals surface area contributed by atoms with Gasteiger partial charge in [0, 0.05) is 24.2 Å². The number of rotatable bonds is 6. The van der Waals surface area contributed by atoms with Gasteiger partial charge in [0.1, 0.15) is 5.75 Å². The second kappa shape index (κ2) is 8.31. The van der Waals surface area contributed by atoms with E-state index in [0.29, 0.717) is 41.8 Å². The first-order chi connectivity index (χ1) is 11.0. The molecule has 0 aliphatic carbocycles. The standard InChI is InChI=1S/C16H20BrNO5/c1-22-11-2-3-14(17)12(8-11)15(19)18-9-13(16(20)21)10-4-6-23-7-5-10/h2-3,8,10,13H,4-7,9H2,1H3,(H,18,19)(H,20,21). The molecule has 0 saturated carbocycles. The number of hydrogen-bond donors (Lipinski definition) is 2. The third-order valence-electron chi connectivity index (χ3n) is 4.05. The molecule has 0 bridgehead atoms. The fraction of sp³-hybridized carbons (Fsp3) is 0.500. The van der Waals surface area contributed by atoms with Crippen LogP contribution in [0.3, 0.4) is 0 Å². The van der Waals surface area contributed by atoms with Gasteiger partial charge >= 0.3 is 5.97 Å². The van der Waals surface area contributed by atoms with Crippen LogP contribution in [0.5, 0.6) is 5.75 Å². The van der Waals surface area contributed by atoms with E-state index in [1.165, 1.54) is 7.11 Å². The average Bonchev–Trinajstić information content (AvgIpc) is 2.56. The summed E-state index contributed by atoms with van der Waals surface area (Å²) in [6.07, 6.45) is 1.41. The zero-order valence-electron chi connectivity index (χ0n) is 12.9. The predicted octanol–water partition coefficient (Wildman–Crippen LogP) is 2.31. The molecule has 126 valence electrons. The van der Waals surface area contributed by atoms with Gasteiger partial charge in [0.15, 0.2) is 0 Å². The Morgan fingerprint density at radius 2 is 2.13 bits per heavy atom. The van der Waals surface area contributed by atoms with E-state index in [1.54, 1.807) is 18.2 Å². The average molecular weight is 386 g/mol. The maximum Gasteiger partial charge on any atom is 0.308 e. The molecule has 0 radical (unpaired) electrons. The summed E-state index contributed by atoms with van der Waals surface area (Å²) in [4.78, 5) is 23.8. The second-order valence-electron chi connectivity index (χ2n) is 5.45. The van der Waals surface area contributed by atoms with Crippen molar-refractivity contribution < 1.29 is 24.2 Å². The van der Waals surface area contributed by atoms with Crippen LogP contribution in [0, 0.1) is 11.8 Å². The summed E-state index contributed by atoms with van der Waals surface area (Å²) in [5.41, 5.74) is 0.417. The van der Waals surface area contributed by atoms with E-state index in [2.05, 4.69) is 21.2 Å². The van der Waals surface area contributed by atoms with E-state index < -0.39 is 11.9 Å². The smallest absolute Gasteiger partial charge is 0.308 e. The highest BCUT2D eigenvalue weighted by Gasteiger charge is 2.30. The molecule has 23 heavy (non-hydrogen) atoms. The minimum Gasteiger partial charge on any atom is -0.497 e. The Hall–Kier alpha value is -1.60. The lowest BCUT2D eigenvalue weighted by Crippen LogP contribution is -2.39. The molecule has 1 fully saturated rings. The van der Waals surface area contributed by atoms with Crippen molar-refractivity contribution in [1.29, 1.82) is 0 Å². The highest BCUT2D eigenvalue weighted by molar-refractivity contribution is 9.10. The molecule has 1 aromatic carbocycles. The van der Waals surface area contributed by atoms with Gasteiger partial charge < -0.3 is 19.9 Å². The van der Waals surface area contributed by atoms with E-state index >= 15 is 0 Å². The predicted molar refractivity (Wildman–Crippen MR) is 87.7 cm³/mol. The molecule has 1 heterocycles. The van der Waals surface area contributed by atoms with Gasteiger partial charge in [0.25, 0.3) is 5.91 Å². The lowest BCUT2D eigenvalue weighted by atomic mass is 9.86. The van der Waals surface area contributed by atoms with Crippen LogP contribution >= 0.6 is 15.9 Å². The molecular formula is C16H20BrNO5. The number of nitrogens with one attached hydrogen (secondary N) is 1. The Balaban J connectivity index is 2.02. The molecule has 2 N–H and O–H groups in total. The minimum absolute atomic E-state index is 0.0234. The Labute approximate surface area is 143 Å². The topological polar surface area (TPSA) is 84.9 Å². The van der Waals surface area contributed by atoms with Gasteiger partial charge in [-0.2, -0.15) is 0 Å². The number of hydrogen-bond acceptors (Lipinski definition) is 4.